The molecule has 1 N–H and O–H groups in total. The Balaban J connectivity index is 1.25. The van der Waals surface area contributed by atoms with Gasteiger partial charge in [-0.15, -0.1) is 0 Å². The highest BCUT2D eigenvalue weighted by molar-refractivity contribution is 5.90. The molecular weight excluding hydrogens is 390 g/mol. The van der Waals surface area contributed by atoms with E-state index >= 15 is 0 Å². The van der Waals surface area contributed by atoms with Gasteiger partial charge >= 0.3 is 5.97 Å². The first kappa shape index (κ1) is 20.3. The maximum Gasteiger partial charge on any atom is 0.335 e. The zero-order valence-corrected chi connectivity index (χ0v) is 18.0. The number of aromatic carboxylic acids is 1. The second-order valence-corrected chi connectivity index (χ2v) is 9.40. The number of ether oxygens (including phenoxy) is 1. The second-order valence-electron chi connectivity index (χ2n) is 9.40. The van der Waals surface area contributed by atoms with Gasteiger partial charge < -0.3 is 14.7 Å². The lowest BCUT2D eigenvalue weighted by molar-refractivity contribution is -0.142. The molecule has 3 fully saturated rings. The van der Waals surface area contributed by atoms with E-state index in [2.05, 4.69) is 24.3 Å². The lowest BCUT2D eigenvalue weighted by atomic mass is 9.88. The van der Waals surface area contributed by atoms with Crippen LogP contribution in [0.3, 0.4) is 0 Å². The van der Waals surface area contributed by atoms with Gasteiger partial charge in [0.05, 0.1) is 5.56 Å². The Hall–Kier alpha value is -2.66. The van der Waals surface area contributed by atoms with Gasteiger partial charge in [-0.1, -0.05) is 30.3 Å². The van der Waals surface area contributed by atoms with Crippen molar-refractivity contribution in [1.82, 2.24) is 4.90 Å². The molecule has 5 nitrogen and oxygen atoms in total. The molecule has 2 saturated heterocycles. The Morgan fingerprint density at radius 3 is 2.48 bits per heavy atom. The maximum absolute atomic E-state index is 12.6. The molecule has 5 rings (SSSR count). The van der Waals surface area contributed by atoms with Crippen LogP contribution in [0.25, 0.3) is 11.1 Å². The number of rotatable bonds is 4. The molecule has 31 heavy (non-hydrogen) atoms. The van der Waals surface area contributed by atoms with Crippen LogP contribution >= 0.6 is 0 Å². The third-order valence-electron chi connectivity index (χ3n) is 7.57. The summed E-state index contributed by atoms with van der Waals surface area (Å²) < 4.78 is 5.58. The SMILES string of the molecule is Cc1ccc(C(=O)O)cc1-c1ccc([C@H]2CC23CCN(C(=O)[C@H]2CCCO2)CC3)cc1. The highest BCUT2D eigenvalue weighted by Crippen LogP contribution is 2.65. The van der Waals surface area contributed by atoms with Crippen LogP contribution in [0, 0.1) is 12.3 Å². The molecular formula is C26H29NO4. The minimum Gasteiger partial charge on any atom is -0.478 e. The van der Waals surface area contributed by atoms with Gasteiger partial charge in [-0.25, -0.2) is 4.79 Å². The van der Waals surface area contributed by atoms with Crippen molar-refractivity contribution in [1.29, 1.82) is 0 Å². The van der Waals surface area contributed by atoms with Gasteiger partial charge in [-0.3, -0.25) is 4.79 Å². The number of aryl methyl sites for hydroxylation is 1. The molecule has 2 heterocycles. The lowest BCUT2D eigenvalue weighted by Gasteiger charge is -2.34. The number of hydrogen-bond acceptors (Lipinski definition) is 3. The maximum atomic E-state index is 12.6. The predicted molar refractivity (Wildman–Crippen MR) is 118 cm³/mol. The normalized spacial score (nSPS) is 24.4. The standard InChI is InChI=1S/C26H29NO4/c1-17-4-5-20(25(29)30)15-21(17)18-6-8-19(9-7-18)22-16-26(22)10-12-27(13-11-26)24(28)23-3-2-14-31-23/h4-9,15,22-23H,2-3,10-14,16H2,1H3,(H,29,30)/t22-,23-/m1/s1. The van der Waals surface area contributed by atoms with E-state index in [1.165, 1.54) is 12.0 Å². The van der Waals surface area contributed by atoms with Gasteiger partial charge in [0, 0.05) is 19.7 Å². The van der Waals surface area contributed by atoms with E-state index in [0.717, 1.165) is 55.5 Å². The number of carbonyl (C=O) groups excluding carboxylic acids is 1. The topological polar surface area (TPSA) is 66.8 Å². The van der Waals surface area contributed by atoms with Gasteiger partial charge in [0.1, 0.15) is 6.10 Å². The van der Waals surface area contributed by atoms with Gasteiger partial charge in [-0.05, 0) is 84.7 Å². The molecule has 0 bridgehead atoms. The Labute approximate surface area is 183 Å². The Morgan fingerprint density at radius 2 is 1.84 bits per heavy atom. The quantitative estimate of drug-likeness (QED) is 0.784. The minimum atomic E-state index is -0.901. The van der Waals surface area contributed by atoms with Crippen molar-refractivity contribution in [2.24, 2.45) is 5.41 Å². The van der Waals surface area contributed by atoms with Crippen molar-refractivity contribution in [3.8, 4) is 11.1 Å². The molecule has 0 unspecified atom stereocenters. The minimum absolute atomic E-state index is 0.188. The molecule has 2 atom stereocenters. The molecule has 162 valence electrons. The third-order valence-corrected chi connectivity index (χ3v) is 7.57. The third kappa shape index (κ3) is 3.76. The van der Waals surface area contributed by atoms with Gasteiger partial charge in [0.25, 0.3) is 5.91 Å². The van der Waals surface area contributed by atoms with Crippen LogP contribution in [-0.2, 0) is 9.53 Å². The first-order valence-corrected chi connectivity index (χ1v) is 11.3. The van der Waals surface area contributed by atoms with Crippen molar-refractivity contribution in [3.63, 3.8) is 0 Å². The first-order valence-electron chi connectivity index (χ1n) is 11.3. The highest BCUT2D eigenvalue weighted by Gasteiger charge is 2.55. The van der Waals surface area contributed by atoms with Crippen molar-refractivity contribution < 1.29 is 19.4 Å². The molecule has 0 radical (unpaired) electrons. The van der Waals surface area contributed by atoms with Gasteiger partial charge in [0.15, 0.2) is 0 Å². The van der Waals surface area contributed by atoms with Crippen molar-refractivity contribution in [2.75, 3.05) is 19.7 Å². The van der Waals surface area contributed by atoms with E-state index in [0.29, 0.717) is 23.5 Å². The number of piperidine rings is 1. The lowest BCUT2D eigenvalue weighted by Crippen LogP contribution is -2.44. The molecule has 2 aliphatic heterocycles. The summed E-state index contributed by atoms with van der Waals surface area (Å²) in [6, 6.07) is 13.9. The molecule has 3 aliphatic rings. The molecule has 5 heteroatoms. The van der Waals surface area contributed by atoms with Crippen LogP contribution in [0.2, 0.25) is 0 Å². The van der Waals surface area contributed by atoms with E-state index in [9.17, 15) is 14.7 Å². The summed E-state index contributed by atoms with van der Waals surface area (Å²) in [5, 5.41) is 9.30. The van der Waals surface area contributed by atoms with Gasteiger partial charge in [0.2, 0.25) is 0 Å². The number of carboxylic acids is 1. The number of amides is 1. The molecule has 1 aliphatic carbocycles. The van der Waals surface area contributed by atoms with E-state index < -0.39 is 5.97 Å². The van der Waals surface area contributed by atoms with Crippen molar-refractivity contribution >= 4 is 11.9 Å². The summed E-state index contributed by atoms with van der Waals surface area (Å²) in [5.74, 6) is -0.150. The van der Waals surface area contributed by atoms with Crippen molar-refractivity contribution in [2.45, 2.75) is 51.0 Å². The van der Waals surface area contributed by atoms with Crippen molar-refractivity contribution in [3.05, 3.63) is 59.2 Å². The van der Waals surface area contributed by atoms with Crippen LogP contribution < -0.4 is 0 Å². The number of hydrogen-bond donors (Lipinski definition) is 1. The molecule has 2 aromatic carbocycles. The highest BCUT2D eigenvalue weighted by atomic mass is 16.5. The Morgan fingerprint density at radius 1 is 1.10 bits per heavy atom. The average molecular weight is 420 g/mol. The summed E-state index contributed by atoms with van der Waals surface area (Å²) in [5.41, 5.74) is 5.11. The number of benzene rings is 2. The second kappa shape index (κ2) is 7.79. The van der Waals surface area contributed by atoms with E-state index in [4.69, 9.17) is 4.74 Å². The summed E-state index contributed by atoms with van der Waals surface area (Å²) >= 11 is 0. The number of carbonyl (C=O) groups is 2. The first-order chi connectivity index (χ1) is 15.0. The molecule has 1 saturated carbocycles. The van der Waals surface area contributed by atoms with Crippen LogP contribution in [0.15, 0.2) is 42.5 Å². The smallest absolute Gasteiger partial charge is 0.335 e. The van der Waals surface area contributed by atoms with Gasteiger partial charge in [-0.2, -0.15) is 0 Å². The molecule has 1 spiro atoms. The van der Waals surface area contributed by atoms with Crippen LogP contribution in [0.4, 0.5) is 0 Å². The molecule has 0 aromatic heterocycles. The summed E-state index contributed by atoms with van der Waals surface area (Å²) in [4.78, 5) is 26.0. The summed E-state index contributed by atoms with van der Waals surface area (Å²) in [6.07, 6.45) is 4.98. The van der Waals surface area contributed by atoms with Crippen LogP contribution in [0.1, 0.15) is 59.5 Å². The Bertz CT molecular complexity index is 999. The monoisotopic (exact) mass is 419 g/mol. The average Bonchev–Trinajstić information content (AvgIpc) is 3.21. The molecule has 1 amide bonds. The largest absolute Gasteiger partial charge is 0.478 e. The summed E-state index contributed by atoms with van der Waals surface area (Å²) in [7, 11) is 0. The molecule has 2 aromatic rings. The number of carboxylic acid groups (broad SMARTS) is 1. The summed E-state index contributed by atoms with van der Waals surface area (Å²) in [6.45, 7) is 4.41. The number of nitrogens with zero attached hydrogens (tertiary/aromatic N) is 1. The van der Waals surface area contributed by atoms with E-state index in [1.807, 2.05) is 17.9 Å². The zero-order valence-electron chi connectivity index (χ0n) is 18.0. The van der Waals surface area contributed by atoms with E-state index in [1.54, 1.807) is 12.1 Å². The number of likely N-dealkylation sites (tertiary alicyclic amines) is 1. The van der Waals surface area contributed by atoms with Crippen LogP contribution in [0.5, 0.6) is 0 Å². The Kier molecular flexibility index (Phi) is 5.09. The predicted octanol–water partition coefficient (Wildman–Crippen LogP) is 4.64. The van der Waals surface area contributed by atoms with Crippen LogP contribution in [-0.4, -0.2) is 47.7 Å². The zero-order chi connectivity index (χ0) is 21.6. The fourth-order valence-electron chi connectivity index (χ4n) is 5.48. The fourth-order valence-corrected chi connectivity index (χ4v) is 5.48. The van der Waals surface area contributed by atoms with E-state index in [-0.39, 0.29) is 12.0 Å². The fraction of sp³-hybridized carbons (Fsp3) is 0.462.